The lowest BCUT2D eigenvalue weighted by Crippen LogP contribution is -2.52. The van der Waals surface area contributed by atoms with Crippen molar-refractivity contribution in [2.24, 2.45) is 5.41 Å². The normalized spacial score (nSPS) is 22.7. The van der Waals surface area contributed by atoms with Gasteiger partial charge in [-0.3, -0.25) is 4.79 Å². The van der Waals surface area contributed by atoms with Crippen LogP contribution in [0.4, 0.5) is 11.6 Å². The molecule has 1 aromatic heterocycles. The molecule has 7 heteroatoms. The molecule has 2 heterocycles. The van der Waals surface area contributed by atoms with Gasteiger partial charge in [-0.25, -0.2) is 9.97 Å². The van der Waals surface area contributed by atoms with Crippen LogP contribution in [0.15, 0.2) is 60.9 Å². The number of ether oxygens (including phenoxy) is 1. The first-order valence-corrected chi connectivity index (χ1v) is 29.5. The summed E-state index contributed by atoms with van der Waals surface area (Å²) >= 11 is 0. The smallest absolute Gasteiger partial charge is 0.298 e. The number of nitrogens with two attached hydrogens (primary N) is 1. The van der Waals surface area contributed by atoms with Gasteiger partial charge in [-0.05, 0) is 66.8 Å². The monoisotopic (exact) mass is 958 g/mol. The lowest BCUT2D eigenvalue weighted by Gasteiger charge is -2.50. The van der Waals surface area contributed by atoms with Crippen molar-refractivity contribution in [1.29, 1.82) is 0 Å². The fraction of sp³-hybridized carbons (Fsp3) is 0.698. The molecule has 0 bridgehead atoms. The molecule has 2 aromatic carbocycles. The Bertz CT molecular complexity index is 1820. The van der Waals surface area contributed by atoms with Crippen LogP contribution < -0.4 is 15.8 Å². The van der Waals surface area contributed by atoms with Crippen LogP contribution in [0, 0.1) is 17.8 Å². The molecule has 1 saturated heterocycles. The minimum absolute atomic E-state index is 0.0329. The van der Waals surface area contributed by atoms with Crippen molar-refractivity contribution in [3.63, 3.8) is 0 Å². The highest BCUT2D eigenvalue weighted by molar-refractivity contribution is 5.93. The lowest BCUT2D eigenvalue weighted by molar-refractivity contribution is -0.128. The van der Waals surface area contributed by atoms with Crippen molar-refractivity contribution in [2.45, 2.75) is 263 Å². The van der Waals surface area contributed by atoms with Gasteiger partial charge in [0.1, 0.15) is 29.5 Å². The van der Waals surface area contributed by atoms with Gasteiger partial charge < -0.3 is 20.7 Å². The molecular weight excluding hydrogens is 859 g/mol. The van der Waals surface area contributed by atoms with E-state index in [-0.39, 0.29) is 17.4 Å². The molecule has 2 aliphatic rings. The van der Waals surface area contributed by atoms with Crippen molar-refractivity contribution in [2.75, 3.05) is 24.1 Å². The van der Waals surface area contributed by atoms with Gasteiger partial charge in [0.2, 0.25) is 0 Å². The molecule has 3 N–H and O–H groups in total. The van der Waals surface area contributed by atoms with E-state index in [1.165, 1.54) is 225 Å². The minimum Gasteiger partial charge on any atom is -0.457 e. The Morgan fingerprint density at radius 1 is 0.543 bits per heavy atom. The molecule has 0 unspecified atom stereocenters. The SMILES string of the molecule is C#CC(=O)N1CCCCCCCCCCCCCCCCCCCCCCCCCCCCCCCCCCCCCCCC2(CC(Nc3ncnc(N)c3-c3ccc(Oc4ccccc4)cc3)C2)C1. The van der Waals surface area contributed by atoms with E-state index in [1.807, 2.05) is 59.5 Å². The second-order valence-electron chi connectivity index (χ2n) is 21.9. The summed E-state index contributed by atoms with van der Waals surface area (Å²) in [7, 11) is 0. The first-order chi connectivity index (χ1) is 34.5. The van der Waals surface area contributed by atoms with E-state index in [0.29, 0.717) is 5.82 Å². The molecule has 2 fully saturated rings. The Morgan fingerprint density at radius 3 is 1.34 bits per heavy atom. The second-order valence-corrected chi connectivity index (χ2v) is 21.9. The van der Waals surface area contributed by atoms with Crippen molar-refractivity contribution in [1.82, 2.24) is 14.9 Å². The lowest BCUT2D eigenvalue weighted by atomic mass is 9.62. The van der Waals surface area contributed by atoms with Crippen molar-refractivity contribution in [3.05, 3.63) is 60.9 Å². The summed E-state index contributed by atoms with van der Waals surface area (Å²) < 4.78 is 6.06. The summed E-state index contributed by atoms with van der Waals surface area (Å²) in [6, 6.07) is 18.0. The summed E-state index contributed by atoms with van der Waals surface area (Å²) in [5.74, 6) is 5.09. The number of para-hydroxylation sites is 1. The molecule has 1 aliphatic heterocycles. The number of nitrogen functional groups attached to an aromatic ring is 1. The highest BCUT2D eigenvalue weighted by Gasteiger charge is 2.45. The predicted octanol–water partition coefficient (Wildman–Crippen LogP) is 18.4. The van der Waals surface area contributed by atoms with E-state index in [4.69, 9.17) is 21.9 Å². The third-order valence-electron chi connectivity index (χ3n) is 15.8. The molecular formula is C63H99N5O2. The topological polar surface area (TPSA) is 93.4 Å². The highest BCUT2D eigenvalue weighted by Crippen LogP contribution is 2.48. The van der Waals surface area contributed by atoms with Crippen molar-refractivity contribution in [3.8, 4) is 35.0 Å². The number of anilines is 2. The number of hydrogen-bond acceptors (Lipinski definition) is 6. The molecule has 5 rings (SSSR count). The number of carbonyl (C=O) groups is 1. The quantitative estimate of drug-likeness (QED) is 0.248. The van der Waals surface area contributed by atoms with Gasteiger partial charge in [-0.1, -0.05) is 261 Å². The largest absolute Gasteiger partial charge is 0.457 e. The number of carbonyl (C=O) groups excluding carboxylic acids is 1. The fourth-order valence-corrected chi connectivity index (χ4v) is 11.5. The molecule has 7 nitrogen and oxygen atoms in total. The van der Waals surface area contributed by atoms with E-state index < -0.39 is 0 Å². The number of terminal acetylenes is 1. The highest BCUT2D eigenvalue weighted by atomic mass is 16.5. The van der Waals surface area contributed by atoms with Gasteiger partial charge >= 0.3 is 0 Å². The maximum absolute atomic E-state index is 13.4. The average Bonchev–Trinajstić information content (AvgIpc) is 3.36. The Morgan fingerprint density at radius 2 is 0.929 bits per heavy atom. The van der Waals surface area contributed by atoms with Gasteiger partial charge in [0.05, 0.1) is 5.56 Å². The number of rotatable bonds is 5. The third kappa shape index (κ3) is 23.5. The summed E-state index contributed by atoms with van der Waals surface area (Å²) in [5.41, 5.74) is 8.33. The zero-order chi connectivity index (χ0) is 49.0. The Balaban J connectivity index is 1.09. The van der Waals surface area contributed by atoms with Crippen LogP contribution in [0.5, 0.6) is 11.5 Å². The molecule has 1 saturated carbocycles. The van der Waals surface area contributed by atoms with E-state index in [2.05, 4.69) is 16.2 Å². The summed E-state index contributed by atoms with van der Waals surface area (Å²) in [6.07, 6.45) is 61.6. The molecule has 1 amide bonds. The van der Waals surface area contributed by atoms with Crippen LogP contribution in [0.2, 0.25) is 0 Å². The van der Waals surface area contributed by atoms with Gasteiger partial charge in [0.25, 0.3) is 5.91 Å². The Labute approximate surface area is 428 Å². The van der Waals surface area contributed by atoms with E-state index in [9.17, 15) is 4.79 Å². The molecule has 388 valence electrons. The zero-order valence-electron chi connectivity index (χ0n) is 44.4. The summed E-state index contributed by atoms with van der Waals surface area (Å²) in [4.78, 5) is 24.5. The van der Waals surface area contributed by atoms with Crippen molar-refractivity contribution >= 4 is 17.5 Å². The van der Waals surface area contributed by atoms with Crippen LogP contribution in [0.1, 0.15) is 257 Å². The molecule has 0 radical (unpaired) electrons. The molecule has 3 aromatic rings. The van der Waals surface area contributed by atoms with Crippen LogP contribution in [-0.4, -0.2) is 39.9 Å². The van der Waals surface area contributed by atoms with E-state index in [1.54, 1.807) is 6.33 Å². The maximum atomic E-state index is 13.4. The van der Waals surface area contributed by atoms with E-state index in [0.717, 1.165) is 73.6 Å². The Hall–Kier alpha value is -4.05. The van der Waals surface area contributed by atoms with Gasteiger partial charge in [0, 0.05) is 19.1 Å². The third-order valence-corrected chi connectivity index (χ3v) is 15.8. The standard InChI is InChI=1S/C63H99N5O2/c1-2-59(69)68-50-42-37-35-33-31-29-27-25-23-21-19-17-15-13-11-9-7-5-3-4-6-8-10-12-14-16-18-20-22-24-26-28-30-32-34-36-41-49-63(53-68)51-56(52-63)67-62-60(61(64)65-54-66-62)55-45-47-58(48-46-55)70-57-43-39-38-40-44-57/h1,38-40,43-48,54,56H,3-37,41-42,49-53H2,(H3,64,65,66,67). The average molecular weight is 959 g/mol. The number of nitrogens with one attached hydrogen (secondary N) is 1. The molecule has 70 heavy (non-hydrogen) atoms. The summed E-state index contributed by atoms with van der Waals surface area (Å²) in [5, 5.41) is 3.77. The first-order valence-electron chi connectivity index (χ1n) is 29.5. The number of hydrogen-bond donors (Lipinski definition) is 2. The van der Waals surface area contributed by atoms with Crippen LogP contribution in [0.3, 0.4) is 0 Å². The van der Waals surface area contributed by atoms with Crippen LogP contribution in [0.25, 0.3) is 11.1 Å². The molecule has 0 atom stereocenters. The van der Waals surface area contributed by atoms with E-state index >= 15 is 0 Å². The van der Waals surface area contributed by atoms with Gasteiger partial charge in [-0.2, -0.15) is 0 Å². The summed E-state index contributed by atoms with van der Waals surface area (Å²) in [6.45, 7) is 1.48. The fourth-order valence-electron chi connectivity index (χ4n) is 11.5. The number of benzene rings is 2. The zero-order valence-corrected chi connectivity index (χ0v) is 44.4. The molecule has 1 aliphatic carbocycles. The Kier molecular flexibility index (Phi) is 29.2. The first kappa shape index (κ1) is 56.9. The van der Waals surface area contributed by atoms with Gasteiger partial charge in [0.15, 0.2) is 0 Å². The van der Waals surface area contributed by atoms with Gasteiger partial charge in [-0.15, -0.1) is 6.42 Å². The van der Waals surface area contributed by atoms with Crippen LogP contribution >= 0.6 is 0 Å². The predicted molar refractivity (Wildman–Crippen MR) is 298 cm³/mol. The van der Waals surface area contributed by atoms with Crippen molar-refractivity contribution < 1.29 is 9.53 Å². The number of aromatic nitrogens is 2. The van der Waals surface area contributed by atoms with Crippen LogP contribution in [-0.2, 0) is 4.79 Å². The number of amides is 1. The second kappa shape index (κ2) is 36.0. The molecule has 1 spiro atoms. The maximum Gasteiger partial charge on any atom is 0.298 e. The number of nitrogens with zero attached hydrogens (tertiary/aromatic N) is 3. The minimum atomic E-state index is -0.155.